The maximum Gasteiger partial charge on any atom is 0.308 e. The Kier molecular flexibility index (Phi) is 6.20. The minimum Gasteiger partial charge on any atom is -0.352 e. The molecule has 0 radical (unpaired) electrons. The molecule has 2 amide bonds. The van der Waals surface area contributed by atoms with Crippen LogP contribution in [0.25, 0.3) is 10.2 Å². The lowest BCUT2D eigenvalue weighted by atomic mass is 9.95. The molecule has 1 aromatic heterocycles. The van der Waals surface area contributed by atoms with E-state index in [0.717, 1.165) is 21.6 Å². The molecule has 0 saturated carbocycles. The van der Waals surface area contributed by atoms with E-state index < -0.39 is 0 Å². The number of carbonyl (C=O) groups excluding carboxylic acids is 2. The number of halogens is 1. The highest BCUT2D eigenvalue weighted by Gasteiger charge is 2.27. The summed E-state index contributed by atoms with van der Waals surface area (Å²) in [6.07, 6.45) is 1.24. The van der Waals surface area contributed by atoms with Crippen molar-refractivity contribution in [2.45, 2.75) is 25.9 Å². The molecule has 1 N–H and O–H groups in total. The number of hydrogen-bond donors (Lipinski definition) is 1. The zero-order valence-electron chi connectivity index (χ0n) is 16.3. The Morgan fingerprint density at radius 3 is 2.57 bits per heavy atom. The van der Waals surface area contributed by atoms with Crippen molar-refractivity contribution in [3.05, 3.63) is 68.8 Å². The summed E-state index contributed by atoms with van der Waals surface area (Å²) in [5.41, 5.74) is 1.74. The second-order valence-corrected chi connectivity index (χ2v) is 8.85. The number of amides is 2. The van der Waals surface area contributed by atoms with Gasteiger partial charge in [0.1, 0.15) is 6.54 Å². The molecule has 2 aromatic carbocycles. The minimum absolute atomic E-state index is 0.00988. The molecule has 30 heavy (non-hydrogen) atoms. The van der Waals surface area contributed by atoms with Gasteiger partial charge in [-0.25, -0.2) is 0 Å². The van der Waals surface area contributed by atoms with Gasteiger partial charge in [0.2, 0.25) is 11.8 Å². The van der Waals surface area contributed by atoms with Crippen molar-refractivity contribution in [3.8, 4) is 0 Å². The second kappa shape index (κ2) is 9.02. The summed E-state index contributed by atoms with van der Waals surface area (Å²) in [7, 11) is 0. The van der Waals surface area contributed by atoms with Crippen molar-refractivity contribution in [2.24, 2.45) is 5.92 Å². The van der Waals surface area contributed by atoms with Crippen LogP contribution in [0.2, 0.25) is 5.02 Å². The van der Waals surface area contributed by atoms with Gasteiger partial charge in [0, 0.05) is 30.6 Å². The third-order valence-electron chi connectivity index (χ3n) is 5.45. The normalized spacial score (nSPS) is 14.8. The van der Waals surface area contributed by atoms with Crippen LogP contribution in [0.15, 0.2) is 53.3 Å². The molecule has 1 aliphatic heterocycles. The van der Waals surface area contributed by atoms with Gasteiger partial charge in [-0.05, 0) is 36.6 Å². The van der Waals surface area contributed by atoms with Crippen molar-refractivity contribution < 1.29 is 9.59 Å². The molecule has 0 aliphatic carbocycles. The fourth-order valence-electron chi connectivity index (χ4n) is 3.74. The highest BCUT2D eigenvalue weighted by atomic mass is 35.5. The number of likely N-dealkylation sites (tertiary alicyclic amines) is 1. The lowest BCUT2D eigenvalue weighted by Crippen LogP contribution is -2.44. The summed E-state index contributed by atoms with van der Waals surface area (Å²) in [6.45, 7) is 1.53. The van der Waals surface area contributed by atoms with Gasteiger partial charge in [0.15, 0.2) is 0 Å². The van der Waals surface area contributed by atoms with E-state index in [0.29, 0.717) is 43.0 Å². The van der Waals surface area contributed by atoms with Gasteiger partial charge in [-0.2, -0.15) is 0 Å². The number of benzene rings is 2. The van der Waals surface area contributed by atoms with Crippen LogP contribution in [0, 0.1) is 5.92 Å². The van der Waals surface area contributed by atoms with Crippen molar-refractivity contribution in [3.63, 3.8) is 0 Å². The Morgan fingerprint density at radius 2 is 1.83 bits per heavy atom. The molecule has 1 saturated heterocycles. The molecule has 2 heterocycles. The highest BCUT2D eigenvalue weighted by molar-refractivity contribution is 7.16. The summed E-state index contributed by atoms with van der Waals surface area (Å²) in [6, 6.07) is 15.0. The van der Waals surface area contributed by atoms with Crippen molar-refractivity contribution >= 4 is 45.0 Å². The maximum atomic E-state index is 12.8. The first-order valence-corrected chi connectivity index (χ1v) is 11.1. The van der Waals surface area contributed by atoms with E-state index in [1.165, 1.54) is 4.57 Å². The van der Waals surface area contributed by atoms with Crippen LogP contribution >= 0.6 is 22.9 Å². The van der Waals surface area contributed by atoms with Crippen LogP contribution < -0.4 is 10.2 Å². The molecule has 0 atom stereocenters. The fraction of sp³-hybridized carbons (Fsp3) is 0.318. The van der Waals surface area contributed by atoms with E-state index in [1.54, 1.807) is 23.1 Å². The van der Waals surface area contributed by atoms with Crippen LogP contribution in [0.4, 0.5) is 0 Å². The highest BCUT2D eigenvalue weighted by Crippen LogP contribution is 2.22. The standard InChI is InChI=1S/C22H22ClN3O3S/c23-17-6-7-19-18(12-17)26(22(29)30-19)14-20(27)25-10-8-16(9-11-25)21(28)24-13-15-4-2-1-3-5-15/h1-7,12,16H,8-11,13-14H2,(H,24,28). The molecular formula is C22H22ClN3O3S. The first-order chi connectivity index (χ1) is 14.5. The number of aromatic nitrogens is 1. The van der Waals surface area contributed by atoms with Crippen molar-refractivity contribution in [1.82, 2.24) is 14.8 Å². The van der Waals surface area contributed by atoms with Gasteiger partial charge in [0.05, 0.1) is 10.2 Å². The Bertz CT molecular complexity index is 1120. The number of rotatable bonds is 5. The van der Waals surface area contributed by atoms with Crippen LogP contribution in [-0.4, -0.2) is 34.4 Å². The largest absolute Gasteiger partial charge is 0.352 e. The minimum atomic E-state index is -0.171. The maximum absolute atomic E-state index is 12.8. The number of piperidine rings is 1. The molecule has 3 aromatic rings. The van der Waals surface area contributed by atoms with Gasteiger partial charge in [-0.15, -0.1) is 0 Å². The predicted octanol–water partition coefficient (Wildman–Crippen LogP) is 3.27. The average Bonchev–Trinajstić information content (AvgIpc) is 3.07. The third kappa shape index (κ3) is 4.57. The first kappa shape index (κ1) is 20.6. The van der Waals surface area contributed by atoms with Crippen molar-refractivity contribution in [1.29, 1.82) is 0 Å². The first-order valence-electron chi connectivity index (χ1n) is 9.89. The zero-order chi connectivity index (χ0) is 21.1. The second-order valence-electron chi connectivity index (χ2n) is 7.42. The lowest BCUT2D eigenvalue weighted by molar-refractivity contribution is -0.136. The molecule has 0 spiro atoms. The quantitative estimate of drug-likeness (QED) is 0.657. The van der Waals surface area contributed by atoms with Gasteiger partial charge in [-0.3, -0.25) is 19.0 Å². The average molecular weight is 444 g/mol. The summed E-state index contributed by atoms with van der Waals surface area (Å²) in [4.78, 5) is 39.1. The van der Waals surface area contributed by atoms with Gasteiger partial charge in [0.25, 0.3) is 0 Å². The van der Waals surface area contributed by atoms with Crippen LogP contribution in [-0.2, 0) is 22.7 Å². The molecule has 8 heteroatoms. The van der Waals surface area contributed by atoms with E-state index in [-0.39, 0.29) is 29.1 Å². The van der Waals surface area contributed by atoms with Crippen molar-refractivity contribution in [2.75, 3.05) is 13.1 Å². The molecular weight excluding hydrogens is 422 g/mol. The predicted molar refractivity (Wildman–Crippen MR) is 119 cm³/mol. The number of nitrogens with one attached hydrogen (secondary N) is 1. The van der Waals surface area contributed by atoms with Crippen LogP contribution in [0.3, 0.4) is 0 Å². The number of nitrogens with zero attached hydrogens (tertiary/aromatic N) is 2. The number of carbonyl (C=O) groups is 2. The molecule has 4 rings (SSSR count). The molecule has 0 bridgehead atoms. The van der Waals surface area contributed by atoms with E-state index in [1.807, 2.05) is 30.3 Å². The Hall–Kier alpha value is -2.64. The van der Waals surface area contributed by atoms with E-state index in [2.05, 4.69) is 5.32 Å². The monoisotopic (exact) mass is 443 g/mol. The number of thiazole rings is 1. The fourth-order valence-corrected chi connectivity index (χ4v) is 4.78. The van der Waals surface area contributed by atoms with E-state index in [9.17, 15) is 14.4 Å². The van der Waals surface area contributed by atoms with Crippen LogP contribution in [0.5, 0.6) is 0 Å². The number of hydrogen-bond acceptors (Lipinski definition) is 4. The Labute approximate surface area is 183 Å². The Balaban J connectivity index is 1.32. The molecule has 1 fully saturated rings. The number of fused-ring (bicyclic) bond motifs is 1. The topological polar surface area (TPSA) is 71.4 Å². The van der Waals surface area contributed by atoms with Gasteiger partial charge >= 0.3 is 4.87 Å². The molecule has 0 unspecified atom stereocenters. The van der Waals surface area contributed by atoms with Gasteiger partial charge in [-0.1, -0.05) is 53.3 Å². The summed E-state index contributed by atoms with van der Waals surface area (Å²) < 4.78 is 2.29. The Morgan fingerprint density at radius 1 is 1.10 bits per heavy atom. The molecule has 1 aliphatic rings. The molecule has 156 valence electrons. The summed E-state index contributed by atoms with van der Waals surface area (Å²) in [5, 5.41) is 3.51. The lowest BCUT2D eigenvalue weighted by Gasteiger charge is -2.31. The molecule has 6 nitrogen and oxygen atoms in total. The van der Waals surface area contributed by atoms with Crippen LogP contribution in [0.1, 0.15) is 18.4 Å². The van der Waals surface area contributed by atoms with E-state index >= 15 is 0 Å². The zero-order valence-corrected chi connectivity index (χ0v) is 17.9. The SMILES string of the molecule is O=C(NCc1ccccc1)C1CCN(C(=O)Cn2c(=O)sc3ccc(Cl)cc32)CC1. The van der Waals surface area contributed by atoms with E-state index in [4.69, 9.17) is 11.6 Å². The van der Waals surface area contributed by atoms with Gasteiger partial charge < -0.3 is 10.2 Å². The smallest absolute Gasteiger partial charge is 0.308 e. The summed E-state index contributed by atoms with van der Waals surface area (Å²) in [5.74, 6) is -0.179. The summed E-state index contributed by atoms with van der Waals surface area (Å²) >= 11 is 7.16. The third-order valence-corrected chi connectivity index (χ3v) is 6.65.